The number of anilines is 1. The van der Waals surface area contributed by atoms with Gasteiger partial charge in [-0.15, -0.1) is 11.8 Å². The van der Waals surface area contributed by atoms with Crippen LogP contribution in [0, 0.1) is 0 Å². The molecule has 0 saturated carbocycles. The van der Waals surface area contributed by atoms with Gasteiger partial charge >= 0.3 is 0 Å². The largest absolute Gasteiger partial charge is 0.496 e. The van der Waals surface area contributed by atoms with E-state index in [1.54, 1.807) is 31.6 Å². The standard InChI is InChI=1S/C25H23NO4S/c1-16(2)17-10-12-18(13-11-17)26-24(27)22(20-8-4-5-9-21(20)29-3)23(25(26)28)31-15-19-7-6-14-30-19/h4-14,16H,15H2,1-3H3. The normalized spacial score (nSPS) is 14.1. The molecule has 1 aliphatic rings. The topological polar surface area (TPSA) is 59.8 Å². The molecule has 0 saturated heterocycles. The minimum absolute atomic E-state index is 0.334. The Morgan fingerprint density at radius 1 is 0.968 bits per heavy atom. The Balaban J connectivity index is 1.76. The molecule has 2 amide bonds. The minimum Gasteiger partial charge on any atom is -0.496 e. The van der Waals surface area contributed by atoms with Crippen molar-refractivity contribution in [3.05, 3.63) is 88.7 Å². The van der Waals surface area contributed by atoms with E-state index in [2.05, 4.69) is 13.8 Å². The Morgan fingerprint density at radius 2 is 1.71 bits per heavy atom. The molecular weight excluding hydrogens is 410 g/mol. The number of carbonyl (C=O) groups excluding carboxylic acids is 2. The van der Waals surface area contributed by atoms with Gasteiger partial charge in [0.15, 0.2) is 0 Å². The van der Waals surface area contributed by atoms with Crippen molar-refractivity contribution in [2.75, 3.05) is 12.0 Å². The molecule has 31 heavy (non-hydrogen) atoms. The van der Waals surface area contributed by atoms with Crippen LogP contribution in [0.4, 0.5) is 5.69 Å². The first-order chi connectivity index (χ1) is 15.0. The summed E-state index contributed by atoms with van der Waals surface area (Å²) in [6, 6.07) is 18.5. The molecule has 2 aromatic carbocycles. The number of amides is 2. The van der Waals surface area contributed by atoms with E-state index in [0.717, 1.165) is 11.3 Å². The van der Waals surface area contributed by atoms with Crippen LogP contribution in [-0.4, -0.2) is 18.9 Å². The number of nitrogens with zero attached hydrogens (tertiary/aromatic N) is 1. The third-order valence-electron chi connectivity index (χ3n) is 5.17. The third-order valence-corrected chi connectivity index (χ3v) is 6.27. The van der Waals surface area contributed by atoms with Crippen molar-refractivity contribution in [1.29, 1.82) is 0 Å². The number of furan rings is 1. The number of benzene rings is 2. The van der Waals surface area contributed by atoms with Crippen molar-refractivity contribution < 1.29 is 18.7 Å². The predicted octanol–water partition coefficient (Wildman–Crippen LogP) is 5.63. The van der Waals surface area contributed by atoms with Crippen LogP contribution in [0.3, 0.4) is 0 Å². The number of imide groups is 1. The Morgan fingerprint density at radius 3 is 2.35 bits per heavy atom. The van der Waals surface area contributed by atoms with Crippen LogP contribution in [0.25, 0.3) is 5.57 Å². The third kappa shape index (κ3) is 4.03. The molecule has 0 radical (unpaired) electrons. The molecule has 0 spiro atoms. The average Bonchev–Trinajstić information content (AvgIpc) is 3.38. The molecule has 1 aromatic heterocycles. The summed E-state index contributed by atoms with van der Waals surface area (Å²) in [4.78, 5) is 28.6. The molecule has 1 aliphatic heterocycles. The first-order valence-corrected chi connectivity index (χ1v) is 11.0. The summed E-state index contributed by atoms with van der Waals surface area (Å²) < 4.78 is 10.9. The zero-order valence-corrected chi connectivity index (χ0v) is 18.4. The lowest BCUT2D eigenvalue weighted by Gasteiger charge is -2.16. The van der Waals surface area contributed by atoms with Crippen molar-refractivity contribution >= 4 is 34.8 Å². The molecule has 0 fully saturated rings. The van der Waals surface area contributed by atoms with Gasteiger partial charge in [0.2, 0.25) is 0 Å². The summed E-state index contributed by atoms with van der Waals surface area (Å²) in [7, 11) is 1.55. The Bertz CT molecular complexity index is 1130. The molecule has 6 heteroatoms. The number of thioether (sulfide) groups is 1. The second kappa shape index (κ2) is 8.86. The average molecular weight is 434 g/mol. The maximum Gasteiger partial charge on any atom is 0.272 e. The minimum atomic E-state index is -0.353. The molecule has 4 rings (SSSR count). The number of methoxy groups -OCH3 is 1. The number of hydrogen-bond donors (Lipinski definition) is 0. The highest BCUT2D eigenvalue weighted by molar-refractivity contribution is 8.03. The Hall–Kier alpha value is -3.25. The molecule has 0 bridgehead atoms. The summed E-state index contributed by atoms with van der Waals surface area (Å²) in [6.07, 6.45) is 1.59. The fraction of sp³-hybridized carbons (Fsp3) is 0.200. The molecule has 0 atom stereocenters. The Labute approximate surface area is 185 Å². The van der Waals surface area contributed by atoms with Gasteiger partial charge in [-0.25, -0.2) is 4.90 Å². The summed E-state index contributed by atoms with van der Waals surface area (Å²) in [5, 5.41) is 0. The van der Waals surface area contributed by atoms with E-state index in [0.29, 0.717) is 39.1 Å². The molecule has 158 valence electrons. The van der Waals surface area contributed by atoms with Crippen molar-refractivity contribution in [3.63, 3.8) is 0 Å². The van der Waals surface area contributed by atoms with Crippen LogP contribution in [0.5, 0.6) is 5.75 Å². The van der Waals surface area contributed by atoms with Crippen LogP contribution < -0.4 is 9.64 Å². The zero-order valence-electron chi connectivity index (χ0n) is 17.6. The van der Waals surface area contributed by atoms with Gasteiger partial charge in [0, 0.05) is 5.56 Å². The fourth-order valence-corrected chi connectivity index (χ4v) is 4.52. The van der Waals surface area contributed by atoms with Gasteiger partial charge in [-0.05, 0) is 41.8 Å². The summed E-state index contributed by atoms with van der Waals surface area (Å²) >= 11 is 1.30. The Kier molecular flexibility index (Phi) is 6.00. The van der Waals surface area contributed by atoms with Gasteiger partial charge in [0.25, 0.3) is 11.8 Å². The van der Waals surface area contributed by atoms with Crippen LogP contribution in [0.2, 0.25) is 0 Å². The maximum atomic E-state index is 13.5. The van der Waals surface area contributed by atoms with Crippen LogP contribution in [-0.2, 0) is 15.3 Å². The highest BCUT2D eigenvalue weighted by Crippen LogP contribution is 2.42. The van der Waals surface area contributed by atoms with Crippen molar-refractivity contribution in [1.82, 2.24) is 0 Å². The van der Waals surface area contributed by atoms with Crippen molar-refractivity contribution in [2.45, 2.75) is 25.5 Å². The van der Waals surface area contributed by atoms with Gasteiger partial charge in [-0.1, -0.05) is 44.2 Å². The molecule has 0 unspecified atom stereocenters. The number of ether oxygens (including phenoxy) is 1. The van der Waals surface area contributed by atoms with Gasteiger partial charge in [0.1, 0.15) is 11.5 Å². The van der Waals surface area contributed by atoms with Crippen molar-refractivity contribution in [2.24, 2.45) is 0 Å². The van der Waals surface area contributed by atoms with Gasteiger partial charge in [0.05, 0.1) is 35.3 Å². The van der Waals surface area contributed by atoms with Crippen LogP contribution in [0.15, 0.2) is 76.2 Å². The molecule has 2 heterocycles. The van der Waals surface area contributed by atoms with E-state index >= 15 is 0 Å². The number of rotatable bonds is 7. The van der Waals surface area contributed by atoms with E-state index in [4.69, 9.17) is 9.15 Å². The quantitative estimate of drug-likeness (QED) is 0.452. The van der Waals surface area contributed by atoms with Crippen LogP contribution >= 0.6 is 11.8 Å². The zero-order chi connectivity index (χ0) is 22.0. The van der Waals surface area contributed by atoms with Crippen molar-refractivity contribution in [3.8, 4) is 5.75 Å². The summed E-state index contributed by atoms with van der Waals surface area (Å²) in [6.45, 7) is 4.21. The molecule has 5 nitrogen and oxygen atoms in total. The first kappa shape index (κ1) is 21.0. The maximum absolute atomic E-state index is 13.5. The smallest absolute Gasteiger partial charge is 0.272 e. The molecular formula is C25H23NO4S. The SMILES string of the molecule is COc1ccccc1C1=C(SCc2ccco2)C(=O)N(c2ccc(C(C)C)cc2)C1=O. The monoisotopic (exact) mass is 433 g/mol. The molecule has 3 aromatic rings. The summed E-state index contributed by atoms with van der Waals surface area (Å²) in [5.74, 6) is 1.40. The molecule has 0 N–H and O–H groups in total. The second-order valence-electron chi connectivity index (χ2n) is 7.46. The predicted molar refractivity (Wildman–Crippen MR) is 123 cm³/mol. The van der Waals surface area contributed by atoms with E-state index < -0.39 is 0 Å². The lowest BCUT2D eigenvalue weighted by atomic mass is 10.0. The van der Waals surface area contributed by atoms with E-state index in [1.807, 2.05) is 42.5 Å². The van der Waals surface area contributed by atoms with Crippen LogP contribution in [0.1, 0.15) is 36.7 Å². The summed E-state index contributed by atoms with van der Waals surface area (Å²) in [5.41, 5.74) is 2.66. The highest BCUT2D eigenvalue weighted by atomic mass is 32.2. The lowest BCUT2D eigenvalue weighted by Crippen LogP contribution is -2.31. The number of hydrogen-bond acceptors (Lipinski definition) is 5. The highest BCUT2D eigenvalue weighted by Gasteiger charge is 2.41. The number of carbonyl (C=O) groups is 2. The lowest BCUT2D eigenvalue weighted by molar-refractivity contribution is -0.119. The van der Waals surface area contributed by atoms with E-state index in [1.165, 1.54) is 16.7 Å². The van der Waals surface area contributed by atoms with Gasteiger partial charge in [-0.2, -0.15) is 0 Å². The first-order valence-electron chi connectivity index (χ1n) is 10.0. The second-order valence-corrected chi connectivity index (χ2v) is 8.45. The molecule has 0 aliphatic carbocycles. The number of para-hydroxylation sites is 1. The van der Waals surface area contributed by atoms with Gasteiger partial charge < -0.3 is 9.15 Å². The van der Waals surface area contributed by atoms with Gasteiger partial charge in [-0.3, -0.25) is 9.59 Å². The van der Waals surface area contributed by atoms with E-state index in [-0.39, 0.29) is 11.8 Å². The van der Waals surface area contributed by atoms with E-state index in [9.17, 15) is 9.59 Å². The fourth-order valence-electron chi connectivity index (χ4n) is 3.51.